The van der Waals surface area contributed by atoms with Gasteiger partial charge in [0.15, 0.2) is 0 Å². The third-order valence-corrected chi connectivity index (χ3v) is 2.47. The predicted octanol–water partition coefficient (Wildman–Crippen LogP) is 1.59. The maximum absolute atomic E-state index is 11.4. The highest BCUT2D eigenvalue weighted by atomic mass is 16.5. The monoisotopic (exact) mass is 234 g/mol. The lowest BCUT2D eigenvalue weighted by Gasteiger charge is -2.05. The molecule has 0 aliphatic rings. The third kappa shape index (κ3) is 1.87. The largest absolute Gasteiger partial charge is 0.507 e. The maximum atomic E-state index is 11.4. The maximum Gasteiger partial charge on any atom is 0.341 e. The lowest BCUT2D eigenvalue weighted by Crippen LogP contribution is -2.03. The van der Waals surface area contributed by atoms with Crippen molar-refractivity contribution < 1.29 is 19.1 Å². The van der Waals surface area contributed by atoms with Gasteiger partial charge in [-0.05, 0) is 18.6 Å². The minimum absolute atomic E-state index is 0.0388. The first kappa shape index (κ1) is 11.2. The minimum Gasteiger partial charge on any atom is -0.507 e. The van der Waals surface area contributed by atoms with E-state index in [0.717, 1.165) is 0 Å². The molecule has 88 valence electrons. The Morgan fingerprint density at radius 2 is 2.06 bits per heavy atom. The molecule has 17 heavy (non-hydrogen) atoms. The standard InChI is InChI=1S/C12H10O5/c1-6-3-11(14)17-10-5-9(13)8(4-7(6)10)12(15)16-2/h3-5,13H,1-2H3. The van der Waals surface area contributed by atoms with Crippen molar-refractivity contribution in [3.8, 4) is 5.75 Å². The summed E-state index contributed by atoms with van der Waals surface area (Å²) in [4.78, 5) is 22.5. The van der Waals surface area contributed by atoms with E-state index in [4.69, 9.17) is 4.42 Å². The van der Waals surface area contributed by atoms with Gasteiger partial charge in [0.1, 0.15) is 16.9 Å². The van der Waals surface area contributed by atoms with Crippen LogP contribution in [0, 0.1) is 6.92 Å². The third-order valence-electron chi connectivity index (χ3n) is 2.47. The first-order valence-electron chi connectivity index (χ1n) is 4.88. The number of benzene rings is 1. The topological polar surface area (TPSA) is 76.7 Å². The van der Waals surface area contributed by atoms with Gasteiger partial charge >= 0.3 is 11.6 Å². The van der Waals surface area contributed by atoms with Gasteiger partial charge < -0.3 is 14.3 Å². The molecule has 0 saturated heterocycles. The van der Waals surface area contributed by atoms with E-state index in [1.807, 2.05) is 0 Å². The average Bonchev–Trinajstić information content (AvgIpc) is 2.27. The number of methoxy groups -OCH3 is 1. The molecule has 0 aliphatic heterocycles. The van der Waals surface area contributed by atoms with Crippen molar-refractivity contribution in [3.63, 3.8) is 0 Å². The number of esters is 1. The van der Waals surface area contributed by atoms with Gasteiger partial charge in [0.25, 0.3) is 0 Å². The Labute approximate surface area is 96.2 Å². The van der Waals surface area contributed by atoms with Gasteiger partial charge in [0.05, 0.1) is 7.11 Å². The summed E-state index contributed by atoms with van der Waals surface area (Å²) in [5.41, 5.74) is 0.443. The molecule has 0 atom stereocenters. The number of aromatic hydroxyl groups is 1. The van der Waals surface area contributed by atoms with E-state index in [1.165, 1.54) is 25.3 Å². The van der Waals surface area contributed by atoms with E-state index < -0.39 is 11.6 Å². The predicted molar refractivity (Wildman–Crippen MR) is 60.2 cm³/mol. The minimum atomic E-state index is -0.644. The van der Waals surface area contributed by atoms with Gasteiger partial charge in [-0.25, -0.2) is 9.59 Å². The highest BCUT2D eigenvalue weighted by Gasteiger charge is 2.14. The second kappa shape index (κ2) is 3.93. The number of carbonyl (C=O) groups excluding carboxylic acids is 1. The summed E-state index contributed by atoms with van der Waals surface area (Å²) in [6.45, 7) is 1.72. The molecule has 5 heteroatoms. The number of ether oxygens (including phenoxy) is 1. The van der Waals surface area contributed by atoms with Crippen molar-refractivity contribution in [2.45, 2.75) is 6.92 Å². The molecule has 0 radical (unpaired) electrons. The van der Waals surface area contributed by atoms with Crippen molar-refractivity contribution in [2.75, 3.05) is 7.11 Å². The van der Waals surface area contributed by atoms with Crippen LogP contribution in [0.5, 0.6) is 5.75 Å². The molecule has 0 bridgehead atoms. The van der Waals surface area contributed by atoms with E-state index >= 15 is 0 Å². The zero-order valence-electron chi connectivity index (χ0n) is 9.31. The molecular weight excluding hydrogens is 224 g/mol. The number of aryl methyl sites for hydroxylation is 1. The van der Waals surface area contributed by atoms with Gasteiger partial charge in [-0.1, -0.05) is 0 Å². The average molecular weight is 234 g/mol. The summed E-state index contributed by atoms with van der Waals surface area (Å²) in [5, 5.41) is 10.2. The molecule has 0 aliphatic carbocycles. The number of phenolic OH excluding ortho intramolecular Hbond substituents is 1. The van der Waals surface area contributed by atoms with Crippen molar-refractivity contribution in [3.05, 3.63) is 39.7 Å². The molecule has 0 spiro atoms. The van der Waals surface area contributed by atoms with E-state index in [-0.39, 0.29) is 16.9 Å². The van der Waals surface area contributed by atoms with Gasteiger partial charge in [0.2, 0.25) is 0 Å². The van der Waals surface area contributed by atoms with Gasteiger partial charge in [0, 0.05) is 17.5 Å². The summed E-state index contributed by atoms with van der Waals surface area (Å²) in [6, 6.07) is 3.99. The first-order valence-corrected chi connectivity index (χ1v) is 4.88. The van der Waals surface area contributed by atoms with Crippen LogP contribution in [0.1, 0.15) is 15.9 Å². The summed E-state index contributed by atoms with van der Waals surface area (Å²) in [6.07, 6.45) is 0. The van der Waals surface area contributed by atoms with E-state index in [1.54, 1.807) is 6.92 Å². The Hall–Kier alpha value is -2.30. The quantitative estimate of drug-likeness (QED) is 0.599. The van der Waals surface area contributed by atoms with E-state index in [0.29, 0.717) is 10.9 Å². The normalized spacial score (nSPS) is 10.5. The number of hydrogen-bond donors (Lipinski definition) is 1. The van der Waals surface area contributed by atoms with Crippen LogP contribution in [0.3, 0.4) is 0 Å². The number of phenols is 1. The second-order valence-electron chi connectivity index (χ2n) is 3.61. The van der Waals surface area contributed by atoms with Gasteiger partial charge in [-0.3, -0.25) is 0 Å². The van der Waals surface area contributed by atoms with Gasteiger partial charge in [-0.15, -0.1) is 0 Å². The van der Waals surface area contributed by atoms with Crippen molar-refractivity contribution in [1.82, 2.24) is 0 Å². The Bertz CT molecular complexity index is 654. The lowest BCUT2D eigenvalue weighted by molar-refractivity contribution is 0.0597. The zero-order chi connectivity index (χ0) is 12.6. The van der Waals surface area contributed by atoms with Crippen LogP contribution in [-0.2, 0) is 4.74 Å². The fourth-order valence-electron chi connectivity index (χ4n) is 1.63. The molecule has 1 N–H and O–H groups in total. The molecule has 0 fully saturated rings. The van der Waals surface area contributed by atoms with E-state index in [2.05, 4.69) is 4.74 Å². The summed E-state index contributed by atoms with van der Waals surface area (Å²) in [7, 11) is 1.23. The summed E-state index contributed by atoms with van der Waals surface area (Å²) < 4.78 is 9.46. The Morgan fingerprint density at radius 3 is 2.71 bits per heavy atom. The Morgan fingerprint density at radius 1 is 1.35 bits per heavy atom. The summed E-state index contributed by atoms with van der Waals surface area (Å²) >= 11 is 0. The van der Waals surface area contributed by atoms with E-state index in [9.17, 15) is 14.7 Å². The molecular formula is C12H10O5. The van der Waals surface area contributed by atoms with Crippen LogP contribution in [0.25, 0.3) is 11.0 Å². The van der Waals surface area contributed by atoms with Crippen LogP contribution in [0.4, 0.5) is 0 Å². The second-order valence-corrected chi connectivity index (χ2v) is 3.61. The molecule has 1 heterocycles. The van der Waals surface area contributed by atoms with Crippen molar-refractivity contribution in [1.29, 1.82) is 0 Å². The Kier molecular flexibility index (Phi) is 2.59. The molecule has 2 aromatic rings. The highest BCUT2D eigenvalue weighted by molar-refractivity contribution is 5.97. The SMILES string of the molecule is COC(=O)c1cc2c(C)cc(=O)oc2cc1O. The smallest absolute Gasteiger partial charge is 0.341 e. The van der Waals surface area contributed by atoms with Crippen LogP contribution in [0.2, 0.25) is 0 Å². The molecule has 2 rings (SSSR count). The zero-order valence-corrected chi connectivity index (χ0v) is 9.31. The van der Waals surface area contributed by atoms with Crippen LogP contribution in [-0.4, -0.2) is 18.2 Å². The molecule has 1 aromatic carbocycles. The van der Waals surface area contributed by atoms with Crippen molar-refractivity contribution >= 4 is 16.9 Å². The molecule has 0 saturated carbocycles. The molecule has 5 nitrogen and oxygen atoms in total. The van der Waals surface area contributed by atoms with Crippen LogP contribution >= 0.6 is 0 Å². The molecule has 0 unspecified atom stereocenters. The van der Waals surface area contributed by atoms with Gasteiger partial charge in [-0.2, -0.15) is 0 Å². The van der Waals surface area contributed by atoms with Crippen molar-refractivity contribution in [2.24, 2.45) is 0 Å². The fraction of sp³-hybridized carbons (Fsp3) is 0.167. The summed E-state index contributed by atoms with van der Waals surface area (Å²) in [5.74, 6) is -0.923. The van der Waals surface area contributed by atoms with Crippen LogP contribution < -0.4 is 5.63 Å². The number of carbonyl (C=O) groups is 1. The lowest BCUT2D eigenvalue weighted by atomic mass is 10.1. The fourth-order valence-corrected chi connectivity index (χ4v) is 1.63. The number of fused-ring (bicyclic) bond motifs is 1. The number of hydrogen-bond acceptors (Lipinski definition) is 5. The molecule has 1 aromatic heterocycles. The number of rotatable bonds is 1. The Balaban J connectivity index is 2.80. The first-order chi connectivity index (χ1) is 8.02. The highest BCUT2D eigenvalue weighted by Crippen LogP contribution is 2.26. The van der Waals surface area contributed by atoms with Crippen LogP contribution in [0.15, 0.2) is 27.4 Å². The molecule has 0 amide bonds.